The number of carbonyl (C=O) groups excluding carboxylic acids is 1. The molecule has 2 aromatic rings. The molecule has 0 unspecified atom stereocenters. The molecule has 0 N–H and O–H groups in total. The van der Waals surface area contributed by atoms with Crippen LogP contribution in [-0.2, 0) is 658 Å². The maximum atomic E-state index is 11.1. The van der Waals surface area contributed by atoms with Gasteiger partial charge in [-0.05, 0) is 30.2 Å². The molecule has 0 aliphatic carbocycles. The summed E-state index contributed by atoms with van der Waals surface area (Å²) in [5.74, 6) is 6.04. The lowest BCUT2D eigenvalue weighted by Crippen LogP contribution is -2.14. The number of benzene rings is 1. The van der Waals surface area contributed by atoms with Crippen LogP contribution >= 0.6 is 0 Å². The van der Waals surface area contributed by atoms with Gasteiger partial charge in [-0.2, -0.15) is 0 Å². The van der Waals surface area contributed by atoms with E-state index in [0.717, 1.165) is 17.5 Å². The molecule has 0 amide bonds. The van der Waals surface area contributed by atoms with E-state index < -0.39 is 0 Å². The van der Waals surface area contributed by atoms with Crippen molar-refractivity contribution in [3.8, 4) is 11.8 Å². The van der Waals surface area contributed by atoms with Crippen molar-refractivity contribution in [2.24, 2.45) is 0 Å². The van der Waals surface area contributed by atoms with Gasteiger partial charge < -0.3 is 0 Å². The van der Waals surface area contributed by atoms with Gasteiger partial charge in [-0.3, -0.25) is 4.79 Å². The second-order valence-electron chi connectivity index (χ2n) is 10.4. The largest absolute Gasteiger partial charge is 0.298 e. The molecule has 2 rings (SSSR count). The molecular formula is C18H17NOS73. The Bertz CT molecular complexity index is 6360. The fourth-order valence-corrected chi connectivity index (χ4v) is 192. The zero-order valence-electron chi connectivity index (χ0n) is 41.8. The summed E-state index contributed by atoms with van der Waals surface area (Å²) in [5, 5.41) is 0. The van der Waals surface area contributed by atoms with E-state index in [1.54, 1.807) is 113 Å². The zero-order chi connectivity index (χ0) is 66.8. The Morgan fingerprint density at radius 3 is 0.613 bits per heavy atom. The van der Waals surface area contributed by atoms with Gasteiger partial charge in [-0.25, -0.2) is 4.98 Å². The Morgan fingerprint density at radius 1 is 0.269 bits per heavy atom. The van der Waals surface area contributed by atoms with E-state index >= 15 is 0 Å². The third-order valence-corrected chi connectivity index (χ3v) is 160. The average molecular weight is 2600 g/mol. The maximum Gasteiger partial charge on any atom is 0.152 e. The molecule has 0 aliphatic rings. The summed E-state index contributed by atoms with van der Waals surface area (Å²) in [7, 11) is 128. The second-order valence-corrected chi connectivity index (χ2v) is 136. The van der Waals surface area contributed by atoms with Crippen LogP contribution in [0.4, 0.5) is 0 Å². The highest BCUT2D eigenvalue weighted by Gasteiger charge is 2.16. The zero-order valence-corrected chi connectivity index (χ0v) is 101. The van der Waals surface area contributed by atoms with Crippen molar-refractivity contribution in [2.45, 2.75) is 26.2 Å². The molecule has 0 saturated carbocycles. The first-order valence-electron chi connectivity index (χ1n) is 18.5. The predicted octanol–water partition coefficient (Wildman–Crippen LogP) is 3.42. The van der Waals surface area contributed by atoms with Gasteiger partial charge in [-0.15, -0.1) is 0 Å². The smallest absolute Gasteiger partial charge is 0.152 e. The fourth-order valence-electron chi connectivity index (χ4n) is 2.52. The van der Waals surface area contributed by atoms with E-state index in [9.17, 15) is 4.79 Å². The molecule has 75 heteroatoms. The van der Waals surface area contributed by atoms with E-state index in [-0.39, 0.29) is 5.41 Å². The van der Waals surface area contributed by atoms with Crippen LogP contribution in [0, 0.1) is 11.8 Å². The van der Waals surface area contributed by atoms with Gasteiger partial charge >= 0.3 is 0 Å². The fraction of sp³-hybridized carbons (Fsp3) is 0.222. The normalized spacial score (nSPS) is 8.42. The van der Waals surface area contributed by atoms with Crippen molar-refractivity contribution in [1.29, 1.82) is 0 Å². The number of carbonyl (C=O) groups is 1. The average Bonchev–Trinajstić information content (AvgIpc) is 0.949. The molecule has 1 aromatic heterocycles. The molecule has 538 valence electrons. The lowest BCUT2D eigenvalue weighted by atomic mass is 9.91. The summed E-state index contributed by atoms with van der Waals surface area (Å²) in [6.07, 6.45) is 0.800. The van der Waals surface area contributed by atoms with Gasteiger partial charge in [0.15, 0.2) is 6.29 Å². The monoisotopic (exact) mass is 2600 g/mol. The lowest BCUT2D eigenvalue weighted by Gasteiger charge is -2.17. The van der Waals surface area contributed by atoms with Crippen LogP contribution in [0.1, 0.15) is 48.1 Å². The molecule has 0 spiro atoms. The topological polar surface area (TPSA) is 30.0 Å². The van der Waals surface area contributed by atoms with Gasteiger partial charge in [-0.1, -0.05) is 44.9 Å². The van der Waals surface area contributed by atoms with E-state index in [1.807, 2.05) is 543 Å². The number of hydrogen-bond donors (Lipinski definition) is 0. The highest BCUT2D eigenvalue weighted by Crippen LogP contribution is 2.21. The van der Waals surface area contributed by atoms with Crippen LogP contribution in [0.3, 0.4) is 0 Å². The summed E-state index contributed by atoms with van der Waals surface area (Å²) in [6.45, 7) is 6.26. The van der Waals surface area contributed by atoms with Gasteiger partial charge in [0.25, 0.3) is 0 Å². The van der Waals surface area contributed by atoms with Crippen molar-refractivity contribution >= 4 is 659 Å². The van der Waals surface area contributed by atoms with Gasteiger partial charge in [0.2, 0.25) is 0 Å². The maximum absolute atomic E-state index is 11.1. The van der Waals surface area contributed by atoms with E-state index in [1.165, 1.54) is 17.8 Å². The van der Waals surface area contributed by atoms with Crippen molar-refractivity contribution in [1.82, 2.24) is 4.98 Å². The van der Waals surface area contributed by atoms with E-state index in [4.69, 9.17) is 22.4 Å². The number of nitrogens with zero attached hydrogens (tertiary/aromatic N) is 1. The predicted molar refractivity (Wildman–Crippen MR) is 618 cm³/mol. The first-order valence-corrected chi connectivity index (χ1v) is 115. The Morgan fingerprint density at radius 2 is 0.452 bits per heavy atom. The summed E-state index contributed by atoms with van der Waals surface area (Å²) in [5.41, 5.74) is 2.84. The molecule has 2 nitrogen and oxygen atoms in total. The molecular weight excluding hydrogens is 2590 g/mol. The number of pyridine rings is 1. The molecule has 1 heterocycles. The van der Waals surface area contributed by atoms with Crippen molar-refractivity contribution in [3.05, 3.63) is 65.0 Å². The molecule has 0 bridgehead atoms. The number of aldehydes is 1. The molecule has 93 heavy (non-hydrogen) atoms. The molecule has 0 fully saturated rings. The van der Waals surface area contributed by atoms with Crippen LogP contribution in [0.5, 0.6) is 0 Å². The van der Waals surface area contributed by atoms with E-state index in [2.05, 4.69) is 37.6 Å². The molecule has 1 aromatic carbocycles. The third-order valence-electron chi connectivity index (χ3n) is 4.87. The van der Waals surface area contributed by atoms with Crippen LogP contribution in [0.2, 0.25) is 0 Å². The Kier molecular flexibility index (Phi) is 101. The first kappa shape index (κ1) is 105. The van der Waals surface area contributed by atoms with Gasteiger partial charge in [0.05, 0.1) is 0 Å². The SMILES string of the molecule is CC(C)(C)c1ccc(C=O)c(C#Cc2ccccc2)n1.S=S=S=S=S=S=S=S=S=S=S=S=S=S=S=S=S=S=S=S=S=S=S=S=S=S=S=S=S=S=S=S=S=S=S=S=S=S=S=S=S=S=S=S=S=S=S=S=S=S=S=S=S=S=S=S=S=S=S=S=S=S=S=S=S=S=S=S=S=S=S=S=S. The van der Waals surface area contributed by atoms with Crippen LogP contribution in [0.15, 0.2) is 42.5 Å². The van der Waals surface area contributed by atoms with Crippen LogP contribution < -0.4 is 0 Å². The van der Waals surface area contributed by atoms with Gasteiger partial charge in [0, 0.05) is 675 Å². The summed E-state index contributed by atoms with van der Waals surface area (Å²) >= 11 is 9.65. The van der Waals surface area contributed by atoms with Crippen LogP contribution in [-0.4, -0.2) is 11.3 Å². The Hall–Kier alpha value is 13.7. The molecule has 0 saturated heterocycles. The van der Waals surface area contributed by atoms with Gasteiger partial charge in [0.1, 0.15) is 5.69 Å². The Balaban J connectivity index is 0.00000181. The quantitative estimate of drug-likeness (QED) is 0.324. The highest BCUT2D eigenvalue weighted by atomic mass is 33.5. The minimum Gasteiger partial charge on any atom is -0.298 e. The number of hydrogen-bond acceptors (Lipinski definition) is 4. The van der Waals surface area contributed by atoms with Crippen molar-refractivity contribution in [3.63, 3.8) is 0 Å². The number of rotatable bonds is 1. The molecule has 0 radical (unpaired) electrons. The Labute approximate surface area is 750 Å². The molecule has 0 aliphatic heterocycles. The molecule has 0 atom stereocenters. The summed E-state index contributed by atoms with van der Waals surface area (Å²) in [4.78, 5) is 15.6. The third kappa shape index (κ3) is 82.0. The van der Waals surface area contributed by atoms with E-state index in [0.29, 0.717) is 11.3 Å². The summed E-state index contributed by atoms with van der Waals surface area (Å²) < 4.78 is 0. The standard InChI is InChI=1S/C18H17NO.S73/c1-18(2,3)17-12-10-15(13-20)16(19-17)11-9-14-7-5-4-6-8-14;1-3-5-7-9-11-13-15-17-19-21-23-25-27-29-31-33-35-37-39-41-43-45-47-49-51-53-55-57-59-61-63-65-67-69-71-73-72-70-68-66-64-62-60-58-56-54-52-50-48-46-44-42-40-38-36-34-32-30-28-26-24-22-20-18-16-14-12-10-8-6-4-2/h4-8,10,12-13H,1-3H3;. The van der Waals surface area contributed by atoms with Crippen molar-refractivity contribution < 1.29 is 4.79 Å². The minimum absolute atomic E-state index is 0.0649. The first-order chi connectivity index (χ1) is 45.9. The highest BCUT2D eigenvalue weighted by molar-refractivity contribution is 8.84. The summed E-state index contributed by atoms with van der Waals surface area (Å²) in [6, 6.07) is 13.4. The van der Waals surface area contributed by atoms with Crippen molar-refractivity contribution in [2.75, 3.05) is 0 Å². The number of aromatic nitrogens is 1. The lowest BCUT2D eigenvalue weighted by molar-refractivity contribution is 0.112. The van der Waals surface area contributed by atoms with Crippen LogP contribution in [0.25, 0.3) is 0 Å². The second kappa shape index (κ2) is 89.6. The minimum atomic E-state index is -0.0649.